The van der Waals surface area contributed by atoms with E-state index in [1.807, 2.05) is 124 Å². The van der Waals surface area contributed by atoms with E-state index in [0.717, 1.165) is 27.7 Å². The molecule has 1 aliphatic rings. The number of Topliss-reactive ketones (excluding diaryl/α,β-unsaturated/α-hetero) is 2. The molecule has 586 valence electrons. The molecule has 11 N–H and O–H groups in total. The van der Waals surface area contributed by atoms with E-state index in [1.54, 1.807) is 88.7 Å². The number of hydrogen-bond donors (Lipinski definition) is 7. The van der Waals surface area contributed by atoms with E-state index in [4.69, 9.17) is 51.4 Å². The van der Waals surface area contributed by atoms with Gasteiger partial charge in [-0.1, -0.05) is 109 Å². The van der Waals surface area contributed by atoms with Gasteiger partial charge >= 0.3 is 18.3 Å². The number of ether oxygens (including phenoxy) is 6. The zero-order valence-corrected chi connectivity index (χ0v) is 63.6. The molecule has 0 bridgehead atoms. The van der Waals surface area contributed by atoms with Gasteiger partial charge in [-0.05, 0) is 121 Å². The van der Waals surface area contributed by atoms with Gasteiger partial charge in [0, 0.05) is 20.6 Å². The van der Waals surface area contributed by atoms with Crippen molar-refractivity contribution in [3.63, 3.8) is 0 Å². The predicted molar refractivity (Wildman–Crippen MR) is 405 cm³/mol. The van der Waals surface area contributed by atoms with Crippen LogP contribution in [-0.4, -0.2) is 178 Å². The monoisotopic (exact) mass is 1510 g/mol. The third kappa shape index (κ3) is 24.2. The van der Waals surface area contributed by atoms with Gasteiger partial charge in [0.15, 0.2) is 11.5 Å². The maximum atomic E-state index is 12.8. The zero-order chi connectivity index (χ0) is 79.9. The standard InChI is InChI=1S/C27H34N6O5.C26H33N5O5.C25H32N6O5/c1-27(2,29)25(35)31-21(17-37-15-18-8-4-3-5-9-18)24-30-14-19-10-6-11-20(33(19)24)16-38-26(36)32-13-7-12-22(32)23(28)34;1-18(32)14-30(4)25(34)36-16-21-12-8-11-20-13-28-23(31(20)21)22(29-24(33)26(2,3)27)17-35-15-19-9-6-5-7-10-19;1-17(32)13-30(4)24(34)36-15-19-11-8-12-21-28-29-22(31(19)21)20(27-23(33)25(2,3)26)16-35-14-18-9-6-5-7-10-18/h3-6,8-11,14,21-22H,7,12-13,15-17,29H2,1-2H3,(H2,28,34)(H,31,35);5-13,22H,14-17,27H2,1-4H3,(H,29,33);5-12,20H,13-16,26H2,1-4H3,(H,27,33)/t21-,22?;22-;20-/m111/s1. The average Bonchev–Trinajstić information content (AvgIpc) is 1.64. The van der Waals surface area contributed by atoms with E-state index in [2.05, 4.69) is 36.1 Å². The van der Waals surface area contributed by atoms with Gasteiger partial charge in [0.2, 0.25) is 23.6 Å². The topological polar surface area (TPSA) is 424 Å². The molecular formula is C78H99N17O15. The van der Waals surface area contributed by atoms with Crippen molar-refractivity contribution in [1.82, 2.24) is 64.0 Å². The van der Waals surface area contributed by atoms with Crippen LogP contribution < -0.4 is 38.9 Å². The van der Waals surface area contributed by atoms with Crippen molar-refractivity contribution < 1.29 is 71.6 Å². The summed E-state index contributed by atoms with van der Waals surface area (Å²) in [5.41, 5.74) is 27.0. The number of likely N-dealkylation sites (N-methyl/N-ethyl adjacent to an activating group) is 2. The number of imidazole rings is 2. The quantitative estimate of drug-likeness (QED) is 0.0217. The van der Waals surface area contributed by atoms with Gasteiger partial charge in [-0.15, -0.1) is 10.2 Å². The maximum absolute atomic E-state index is 12.8. The predicted octanol–water partition coefficient (Wildman–Crippen LogP) is 6.63. The SMILES string of the molecule is CC(=O)CN(C)C(=O)OCc1cccc2cnc([C@@H](COCc3ccccc3)NC(=O)C(C)(C)N)n12.CC(=O)CN(C)C(=O)OCc1cccc2nnc([C@@H](COCc3ccccc3)NC(=O)C(C)(C)N)n12.CC(C)(N)C(=O)N[C@H](COCc1ccccc1)c1ncc2cccc(COC(=O)N3CCCC3C(N)=O)n12. The molecule has 4 atom stereocenters. The van der Waals surface area contributed by atoms with Crippen molar-refractivity contribution in [3.8, 4) is 0 Å². The first-order valence-electron chi connectivity index (χ1n) is 35.6. The van der Waals surface area contributed by atoms with Crippen LogP contribution in [0, 0.1) is 0 Å². The van der Waals surface area contributed by atoms with Crippen molar-refractivity contribution in [2.45, 2.75) is 149 Å². The number of ketones is 2. The number of nitrogens with one attached hydrogen (secondary N) is 3. The highest BCUT2D eigenvalue weighted by Crippen LogP contribution is 2.25. The highest BCUT2D eigenvalue weighted by molar-refractivity contribution is 5.87. The molecule has 1 aliphatic heterocycles. The molecule has 32 heteroatoms. The minimum absolute atomic E-state index is 0.0406. The van der Waals surface area contributed by atoms with E-state index in [-0.39, 0.29) is 82.0 Å². The molecule has 9 aromatic rings. The molecule has 0 radical (unpaired) electrons. The molecule has 1 saturated heterocycles. The minimum Gasteiger partial charge on any atom is -0.443 e. The number of carbonyl (C=O) groups is 9. The van der Waals surface area contributed by atoms with Crippen LogP contribution in [0.5, 0.6) is 0 Å². The van der Waals surface area contributed by atoms with Crippen LogP contribution in [0.3, 0.4) is 0 Å². The fourth-order valence-electron chi connectivity index (χ4n) is 11.3. The summed E-state index contributed by atoms with van der Waals surface area (Å²) in [6.07, 6.45) is 2.69. The summed E-state index contributed by atoms with van der Waals surface area (Å²) in [5, 5.41) is 17.3. The molecule has 0 aliphatic carbocycles. The van der Waals surface area contributed by atoms with E-state index < -0.39 is 65.0 Å². The second-order valence-corrected chi connectivity index (χ2v) is 28.3. The van der Waals surface area contributed by atoms with Gasteiger partial charge in [0.25, 0.3) is 0 Å². The Morgan fingerprint density at radius 1 is 0.473 bits per heavy atom. The number of fused-ring (bicyclic) bond motifs is 3. The lowest BCUT2D eigenvalue weighted by atomic mass is 10.1. The molecule has 1 fully saturated rings. The third-order valence-corrected chi connectivity index (χ3v) is 17.0. The number of carbonyl (C=O) groups excluding carboxylic acids is 9. The highest BCUT2D eigenvalue weighted by atomic mass is 16.6. The lowest BCUT2D eigenvalue weighted by Gasteiger charge is -2.25. The molecule has 10 rings (SSSR count). The first-order chi connectivity index (χ1) is 52.3. The molecule has 110 heavy (non-hydrogen) atoms. The normalized spacial score (nSPS) is 13.7. The summed E-state index contributed by atoms with van der Waals surface area (Å²) < 4.78 is 39.6. The number of benzene rings is 3. The fraction of sp³-hybridized carbons (Fsp3) is 0.397. The van der Waals surface area contributed by atoms with E-state index in [0.29, 0.717) is 79.4 Å². The van der Waals surface area contributed by atoms with Crippen LogP contribution in [-0.2, 0) is 96.8 Å². The molecule has 7 heterocycles. The van der Waals surface area contributed by atoms with Crippen LogP contribution in [0.15, 0.2) is 158 Å². The van der Waals surface area contributed by atoms with Gasteiger partial charge in [-0.2, -0.15) is 0 Å². The zero-order valence-electron chi connectivity index (χ0n) is 63.6. The van der Waals surface area contributed by atoms with Crippen molar-refractivity contribution >= 4 is 70.2 Å². The number of primary amides is 1. The van der Waals surface area contributed by atoms with Gasteiger partial charge in [-0.25, -0.2) is 24.4 Å². The summed E-state index contributed by atoms with van der Waals surface area (Å²) in [6.45, 7) is 14.0. The summed E-state index contributed by atoms with van der Waals surface area (Å²) in [7, 11) is 2.98. The van der Waals surface area contributed by atoms with Crippen LogP contribution in [0.2, 0.25) is 0 Å². The van der Waals surface area contributed by atoms with Crippen molar-refractivity contribution in [3.05, 3.63) is 209 Å². The van der Waals surface area contributed by atoms with E-state index in [9.17, 15) is 43.2 Å². The first kappa shape index (κ1) is 84.1. The average molecular weight is 1510 g/mol. The molecule has 7 amide bonds. The number of rotatable bonds is 32. The minimum atomic E-state index is -1.13. The Hall–Kier alpha value is -11.6. The lowest BCUT2D eigenvalue weighted by molar-refractivity contribution is -0.127. The van der Waals surface area contributed by atoms with Gasteiger partial charge in [0.1, 0.15) is 67.2 Å². The molecule has 32 nitrogen and oxygen atoms in total. The Morgan fingerprint density at radius 3 is 1.21 bits per heavy atom. The van der Waals surface area contributed by atoms with Gasteiger partial charge in [0.05, 0.1) is 110 Å². The van der Waals surface area contributed by atoms with Crippen LogP contribution in [0.1, 0.15) is 138 Å². The number of nitrogens with zero attached hydrogens (tertiary/aromatic N) is 10. The first-order valence-corrected chi connectivity index (χ1v) is 35.6. The highest BCUT2D eigenvalue weighted by Gasteiger charge is 2.36. The molecular weight excluding hydrogens is 1410 g/mol. The Balaban J connectivity index is 0.000000208. The largest absolute Gasteiger partial charge is 0.443 e. The Morgan fingerprint density at radius 2 is 0.836 bits per heavy atom. The number of nitrogens with two attached hydrogens (primary N) is 4. The van der Waals surface area contributed by atoms with Crippen molar-refractivity contribution in [1.29, 1.82) is 0 Å². The van der Waals surface area contributed by atoms with Crippen LogP contribution in [0.4, 0.5) is 14.4 Å². The second kappa shape index (κ2) is 39.0. The van der Waals surface area contributed by atoms with E-state index >= 15 is 0 Å². The molecule has 0 spiro atoms. The number of hydrogen-bond acceptors (Lipinski definition) is 22. The summed E-state index contributed by atoms with van der Waals surface area (Å²) in [5.74, 6) is -0.537. The van der Waals surface area contributed by atoms with Crippen LogP contribution in [0.25, 0.3) is 16.7 Å². The molecule has 6 aromatic heterocycles. The second-order valence-electron chi connectivity index (χ2n) is 28.3. The molecule has 0 saturated carbocycles. The maximum Gasteiger partial charge on any atom is 0.410 e. The number of amides is 7. The smallest absolute Gasteiger partial charge is 0.410 e. The van der Waals surface area contributed by atoms with Crippen LogP contribution >= 0.6 is 0 Å². The Kier molecular flexibility index (Phi) is 29.8. The Labute approximate surface area is 637 Å². The molecule has 3 aromatic carbocycles. The number of pyridine rings is 3. The summed E-state index contributed by atoms with van der Waals surface area (Å²) in [6, 6.07) is 42.7. The number of likely N-dealkylation sites (tertiary alicyclic amines) is 1. The summed E-state index contributed by atoms with van der Waals surface area (Å²) in [4.78, 5) is 123. The van der Waals surface area contributed by atoms with Crippen molar-refractivity contribution in [2.75, 3.05) is 53.6 Å². The van der Waals surface area contributed by atoms with Gasteiger partial charge in [-0.3, -0.25) is 46.9 Å². The Bertz CT molecular complexity index is 4420. The fourth-order valence-corrected chi connectivity index (χ4v) is 11.3. The van der Waals surface area contributed by atoms with Gasteiger partial charge < -0.3 is 77.1 Å². The lowest BCUT2D eigenvalue weighted by Crippen LogP contribution is -2.51. The summed E-state index contributed by atoms with van der Waals surface area (Å²) >= 11 is 0. The third-order valence-electron chi connectivity index (χ3n) is 17.0. The van der Waals surface area contributed by atoms with E-state index in [1.165, 1.54) is 42.6 Å². The van der Waals surface area contributed by atoms with Crippen molar-refractivity contribution in [2.24, 2.45) is 22.9 Å². The number of aromatic nitrogens is 7. The molecule has 1 unspecified atom stereocenters.